The second-order valence-corrected chi connectivity index (χ2v) is 7.54. The summed E-state index contributed by atoms with van der Waals surface area (Å²) < 4.78 is 1.97. The Morgan fingerprint density at radius 2 is 2.08 bits per heavy atom. The van der Waals surface area contributed by atoms with E-state index < -0.39 is 0 Å². The van der Waals surface area contributed by atoms with Crippen molar-refractivity contribution in [1.29, 1.82) is 0 Å². The van der Waals surface area contributed by atoms with Gasteiger partial charge in [-0.15, -0.1) is 0 Å². The summed E-state index contributed by atoms with van der Waals surface area (Å²) in [5.41, 5.74) is 0. The molecular formula is C18H29N5O2. The summed E-state index contributed by atoms with van der Waals surface area (Å²) in [6.07, 6.45) is 6.19. The maximum atomic E-state index is 12.8. The first-order valence-corrected chi connectivity index (χ1v) is 9.21. The average Bonchev–Trinajstić information content (AvgIpc) is 3.23. The predicted octanol–water partition coefficient (Wildman–Crippen LogP) is 0.532. The molecule has 2 amide bonds. The molecule has 0 aliphatic carbocycles. The van der Waals surface area contributed by atoms with E-state index in [-0.39, 0.29) is 17.7 Å². The standard InChI is InChI=1S/C18H29N5O2/c1-20(2)10-11-22-14-16(12-17(22)24)18(25)21-8-4-15(5-9-21)13-23-7-3-6-19-23/h3,6-7,15-16H,4-5,8-14H2,1-2H3/t16-/m1/s1. The summed E-state index contributed by atoms with van der Waals surface area (Å²) in [6, 6.07) is 1.94. The van der Waals surface area contributed by atoms with Gasteiger partial charge < -0.3 is 14.7 Å². The molecule has 3 rings (SSSR count). The molecule has 2 aliphatic heterocycles. The Kier molecular flexibility index (Phi) is 5.73. The summed E-state index contributed by atoms with van der Waals surface area (Å²) in [5.74, 6) is 0.704. The fraction of sp³-hybridized carbons (Fsp3) is 0.722. The Bertz CT molecular complexity index is 578. The number of hydrogen-bond donors (Lipinski definition) is 0. The highest BCUT2D eigenvalue weighted by molar-refractivity contribution is 5.89. The van der Waals surface area contributed by atoms with Gasteiger partial charge in [-0.25, -0.2) is 0 Å². The molecule has 1 atom stereocenters. The molecule has 0 unspecified atom stereocenters. The molecule has 0 aromatic carbocycles. The summed E-state index contributed by atoms with van der Waals surface area (Å²) >= 11 is 0. The number of hydrogen-bond acceptors (Lipinski definition) is 4. The van der Waals surface area contributed by atoms with Crippen LogP contribution in [0.25, 0.3) is 0 Å². The van der Waals surface area contributed by atoms with Crippen LogP contribution in [0.15, 0.2) is 18.5 Å². The van der Waals surface area contributed by atoms with Crippen molar-refractivity contribution in [2.24, 2.45) is 11.8 Å². The molecule has 0 bridgehead atoms. The number of aromatic nitrogens is 2. The Hall–Kier alpha value is -1.89. The van der Waals surface area contributed by atoms with Gasteiger partial charge in [0.2, 0.25) is 11.8 Å². The highest BCUT2D eigenvalue weighted by Gasteiger charge is 2.37. The lowest BCUT2D eigenvalue weighted by Gasteiger charge is -2.33. The summed E-state index contributed by atoms with van der Waals surface area (Å²) in [6.45, 7) is 4.65. The molecule has 1 aromatic rings. The van der Waals surface area contributed by atoms with Crippen molar-refractivity contribution in [3.63, 3.8) is 0 Å². The van der Waals surface area contributed by atoms with E-state index >= 15 is 0 Å². The van der Waals surface area contributed by atoms with E-state index in [0.717, 1.165) is 39.0 Å². The quantitative estimate of drug-likeness (QED) is 0.753. The molecule has 2 fully saturated rings. The van der Waals surface area contributed by atoms with Gasteiger partial charge >= 0.3 is 0 Å². The minimum absolute atomic E-state index is 0.119. The van der Waals surface area contributed by atoms with Crippen LogP contribution in [0.2, 0.25) is 0 Å². The van der Waals surface area contributed by atoms with E-state index in [9.17, 15) is 9.59 Å². The van der Waals surface area contributed by atoms with E-state index in [1.807, 2.05) is 40.8 Å². The molecule has 3 heterocycles. The maximum Gasteiger partial charge on any atom is 0.227 e. The van der Waals surface area contributed by atoms with Gasteiger partial charge in [0.1, 0.15) is 0 Å². The topological polar surface area (TPSA) is 61.7 Å². The molecule has 25 heavy (non-hydrogen) atoms. The van der Waals surface area contributed by atoms with Crippen LogP contribution in [0.5, 0.6) is 0 Å². The van der Waals surface area contributed by atoms with Crippen LogP contribution in [-0.2, 0) is 16.1 Å². The molecule has 2 aliphatic rings. The second-order valence-electron chi connectivity index (χ2n) is 7.54. The Morgan fingerprint density at radius 3 is 2.72 bits per heavy atom. The van der Waals surface area contributed by atoms with Crippen molar-refractivity contribution in [2.45, 2.75) is 25.8 Å². The molecular weight excluding hydrogens is 318 g/mol. The third kappa shape index (κ3) is 4.60. The van der Waals surface area contributed by atoms with Crippen LogP contribution < -0.4 is 0 Å². The highest BCUT2D eigenvalue weighted by Crippen LogP contribution is 2.24. The third-order valence-corrected chi connectivity index (χ3v) is 5.31. The van der Waals surface area contributed by atoms with E-state index in [1.54, 1.807) is 6.20 Å². The van der Waals surface area contributed by atoms with Gasteiger partial charge in [-0.3, -0.25) is 14.3 Å². The summed E-state index contributed by atoms with van der Waals surface area (Å²) in [7, 11) is 3.99. The second kappa shape index (κ2) is 7.99. The lowest BCUT2D eigenvalue weighted by molar-refractivity contribution is -0.137. The fourth-order valence-electron chi connectivity index (χ4n) is 3.74. The summed E-state index contributed by atoms with van der Waals surface area (Å²) in [4.78, 5) is 30.8. The van der Waals surface area contributed by atoms with Gasteiger partial charge in [0.25, 0.3) is 0 Å². The lowest BCUT2D eigenvalue weighted by Crippen LogP contribution is -2.43. The number of rotatable bonds is 6. The van der Waals surface area contributed by atoms with Gasteiger partial charge in [-0.05, 0) is 38.9 Å². The zero-order valence-electron chi connectivity index (χ0n) is 15.3. The van der Waals surface area contributed by atoms with E-state index in [1.165, 1.54) is 0 Å². The van der Waals surface area contributed by atoms with Crippen molar-refractivity contribution < 1.29 is 9.59 Å². The lowest BCUT2D eigenvalue weighted by atomic mass is 9.95. The molecule has 1 aromatic heterocycles. The van der Waals surface area contributed by atoms with Crippen molar-refractivity contribution in [3.8, 4) is 0 Å². The van der Waals surface area contributed by atoms with E-state index in [4.69, 9.17) is 0 Å². The van der Waals surface area contributed by atoms with E-state index in [0.29, 0.717) is 25.4 Å². The van der Waals surface area contributed by atoms with Crippen LogP contribution in [-0.4, -0.2) is 83.1 Å². The third-order valence-electron chi connectivity index (χ3n) is 5.31. The first-order valence-electron chi connectivity index (χ1n) is 9.21. The minimum atomic E-state index is -0.155. The van der Waals surface area contributed by atoms with Gasteiger partial charge in [-0.1, -0.05) is 0 Å². The van der Waals surface area contributed by atoms with Crippen LogP contribution >= 0.6 is 0 Å². The smallest absolute Gasteiger partial charge is 0.227 e. The summed E-state index contributed by atoms with van der Waals surface area (Å²) in [5, 5.41) is 4.26. The first kappa shape index (κ1) is 17.9. The van der Waals surface area contributed by atoms with Crippen molar-refractivity contribution >= 4 is 11.8 Å². The van der Waals surface area contributed by atoms with Gasteiger partial charge in [0, 0.05) is 58.1 Å². The van der Waals surface area contributed by atoms with Crippen molar-refractivity contribution in [3.05, 3.63) is 18.5 Å². The number of piperidine rings is 1. The molecule has 2 saturated heterocycles. The number of nitrogens with zero attached hydrogens (tertiary/aromatic N) is 5. The van der Waals surface area contributed by atoms with Gasteiger partial charge in [0.05, 0.1) is 5.92 Å². The molecule has 7 nitrogen and oxygen atoms in total. The Labute approximate surface area is 149 Å². The van der Waals surface area contributed by atoms with Crippen LogP contribution in [0, 0.1) is 11.8 Å². The Morgan fingerprint density at radius 1 is 1.32 bits per heavy atom. The maximum absolute atomic E-state index is 12.8. The molecule has 0 radical (unpaired) electrons. The largest absolute Gasteiger partial charge is 0.342 e. The fourth-order valence-corrected chi connectivity index (χ4v) is 3.74. The minimum Gasteiger partial charge on any atom is -0.342 e. The van der Waals surface area contributed by atoms with Crippen LogP contribution in [0.1, 0.15) is 19.3 Å². The average molecular weight is 347 g/mol. The number of likely N-dealkylation sites (N-methyl/N-ethyl adjacent to an activating group) is 1. The zero-order valence-corrected chi connectivity index (χ0v) is 15.3. The van der Waals surface area contributed by atoms with Crippen LogP contribution in [0.4, 0.5) is 0 Å². The molecule has 138 valence electrons. The highest BCUT2D eigenvalue weighted by atomic mass is 16.2. The SMILES string of the molecule is CN(C)CCN1C[C@H](C(=O)N2CCC(Cn3cccn3)CC2)CC1=O. The normalized spacial score (nSPS) is 22.2. The number of carbonyl (C=O) groups excluding carboxylic acids is 2. The number of likely N-dealkylation sites (tertiary alicyclic amines) is 2. The van der Waals surface area contributed by atoms with E-state index in [2.05, 4.69) is 10.00 Å². The monoisotopic (exact) mass is 347 g/mol. The molecule has 0 saturated carbocycles. The van der Waals surface area contributed by atoms with Gasteiger partial charge in [0.15, 0.2) is 0 Å². The van der Waals surface area contributed by atoms with Crippen molar-refractivity contribution in [2.75, 3.05) is 46.8 Å². The molecule has 0 N–H and O–H groups in total. The molecule has 0 spiro atoms. The first-order chi connectivity index (χ1) is 12.0. The Balaban J connectivity index is 1.45. The molecule has 7 heteroatoms. The van der Waals surface area contributed by atoms with Gasteiger partial charge in [-0.2, -0.15) is 5.10 Å². The number of carbonyl (C=O) groups is 2. The zero-order chi connectivity index (χ0) is 17.8. The number of amides is 2. The van der Waals surface area contributed by atoms with Crippen molar-refractivity contribution in [1.82, 2.24) is 24.5 Å². The van der Waals surface area contributed by atoms with Crippen LogP contribution in [0.3, 0.4) is 0 Å². The predicted molar refractivity (Wildman–Crippen MR) is 94.8 cm³/mol.